The maximum absolute atomic E-state index is 14.1. The Hall–Kier alpha value is -3.52. The van der Waals surface area contributed by atoms with E-state index >= 15 is 0 Å². The van der Waals surface area contributed by atoms with E-state index in [2.05, 4.69) is 0 Å². The second kappa shape index (κ2) is 8.68. The molecular weight excluding hydrogens is 455 g/mol. The van der Waals surface area contributed by atoms with Gasteiger partial charge >= 0.3 is 0 Å². The molecule has 1 spiro atoms. The minimum Gasteiger partial charge on any atom is -0.497 e. The van der Waals surface area contributed by atoms with Crippen molar-refractivity contribution in [3.8, 4) is 11.5 Å². The van der Waals surface area contributed by atoms with Crippen LogP contribution < -0.4 is 14.4 Å². The van der Waals surface area contributed by atoms with E-state index in [-0.39, 0.29) is 17.4 Å². The zero-order valence-corrected chi connectivity index (χ0v) is 19.6. The fourth-order valence-corrected chi connectivity index (χ4v) is 6.06. The summed E-state index contributed by atoms with van der Waals surface area (Å²) in [5, 5.41) is 0. The maximum Gasteiger partial charge on any atom is 0.268 e. The summed E-state index contributed by atoms with van der Waals surface area (Å²) >= 11 is 1.42. The van der Waals surface area contributed by atoms with Crippen molar-refractivity contribution in [2.24, 2.45) is 0 Å². The monoisotopic (exact) mass is 478 g/mol. The van der Waals surface area contributed by atoms with Crippen LogP contribution in [0.1, 0.15) is 21.5 Å². The van der Waals surface area contributed by atoms with Crippen molar-refractivity contribution in [1.82, 2.24) is 4.90 Å². The van der Waals surface area contributed by atoms with Gasteiger partial charge in [-0.2, -0.15) is 0 Å². The Bertz CT molecular complexity index is 1280. The van der Waals surface area contributed by atoms with E-state index in [4.69, 9.17) is 9.47 Å². The van der Waals surface area contributed by atoms with E-state index in [1.165, 1.54) is 30.0 Å². The summed E-state index contributed by atoms with van der Waals surface area (Å²) in [4.78, 5) is 29.7. The van der Waals surface area contributed by atoms with Crippen LogP contribution in [0.25, 0.3) is 0 Å². The number of carbonyl (C=O) groups is 2. The van der Waals surface area contributed by atoms with Crippen LogP contribution in [0.4, 0.5) is 10.1 Å². The number of hydrogen-bond acceptors (Lipinski definition) is 5. The summed E-state index contributed by atoms with van der Waals surface area (Å²) in [6, 6.07) is 18.6. The van der Waals surface area contributed by atoms with Crippen LogP contribution in [0.3, 0.4) is 0 Å². The van der Waals surface area contributed by atoms with Gasteiger partial charge in [-0.3, -0.25) is 9.59 Å². The van der Waals surface area contributed by atoms with Crippen LogP contribution in [0.5, 0.6) is 11.5 Å². The molecule has 1 fully saturated rings. The molecule has 0 aromatic heterocycles. The lowest BCUT2D eigenvalue weighted by atomic mass is 10.0. The molecule has 3 aromatic carbocycles. The van der Waals surface area contributed by atoms with Crippen LogP contribution in [-0.2, 0) is 16.2 Å². The molecule has 0 unspecified atom stereocenters. The molecule has 2 amide bonds. The summed E-state index contributed by atoms with van der Waals surface area (Å²) in [6.45, 7) is 0.690. The van der Waals surface area contributed by atoms with Gasteiger partial charge in [0.05, 0.1) is 26.5 Å². The number of fused-ring (bicyclic) bond motifs is 2. The molecule has 3 aromatic rings. The van der Waals surface area contributed by atoms with Gasteiger partial charge in [-0.1, -0.05) is 18.2 Å². The lowest BCUT2D eigenvalue weighted by Gasteiger charge is -2.33. The van der Waals surface area contributed by atoms with Gasteiger partial charge in [0.1, 0.15) is 17.3 Å². The Kier molecular flexibility index (Phi) is 5.69. The van der Waals surface area contributed by atoms with Gasteiger partial charge in [-0.05, 0) is 54.1 Å². The van der Waals surface area contributed by atoms with Crippen molar-refractivity contribution in [3.05, 3.63) is 89.2 Å². The molecule has 0 radical (unpaired) electrons. The van der Waals surface area contributed by atoms with Crippen LogP contribution in [0, 0.1) is 5.82 Å². The molecule has 1 atom stereocenters. The number of nitrogens with zero attached hydrogens (tertiary/aromatic N) is 2. The molecule has 0 N–H and O–H groups in total. The van der Waals surface area contributed by atoms with Gasteiger partial charge in [-0.25, -0.2) is 4.39 Å². The van der Waals surface area contributed by atoms with Crippen LogP contribution in [0.2, 0.25) is 0 Å². The molecule has 174 valence electrons. The van der Waals surface area contributed by atoms with Crippen LogP contribution >= 0.6 is 11.8 Å². The molecule has 5 rings (SSSR count). The molecule has 6 nitrogen and oxygen atoms in total. The first kappa shape index (κ1) is 22.3. The van der Waals surface area contributed by atoms with E-state index < -0.39 is 10.7 Å². The number of methoxy groups -OCH3 is 2. The molecule has 0 aliphatic carbocycles. The number of ether oxygens (including phenoxy) is 2. The summed E-state index contributed by atoms with van der Waals surface area (Å²) in [7, 11) is 3.17. The average molecular weight is 479 g/mol. The highest BCUT2D eigenvalue weighted by atomic mass is 32.2. The second-order valence-electron chi connectivity index (χ2n) is 8.09. The fourth-order valence-electron chi connectivity index (χ4n) is 4.61. The average Bonchev–Trinajstić information content (AvgIpc) is 3.40. The number of halogens is 1. The standard InChI is InChI=1S/C26H23FN2O4S/c1-32-20-8-3-5-17(13-20)16-28-23-10-9-21(33-2)15-22(23)26(25(28)31)29(11-12-34-26)24(30)18-6-4-7-19(27)14-18/h3-10,13-15H,11-12,16H2,1-2H3/t26-/m0/s1. The summed E-state index contributed by atoms with van der Waals surface area (Å²) < 4.78 is 24.7. The highest BCUT2D eigenvalue weighted by Gasteiger charge is 2.59. The number of anilines is 1. The summed E-state index contributed by atoms with van der Waals surface area (Å²) in [6.07, 6.45) is 0. The second-order valence-corrected chi connectivity index (χ2v) is 9.37. The Balaban J connectivity index is 1.60. The summed E-state index contributed by atoms with van der Waals surface area (Å²) in [5.74, 6) is 0.801. The molecule has 0 saturated carbocycles. The topological polar surface area (TPSA) is 59.1 Å². The smallest absolute Gasteiger partial charge is 0.268 e. The van der Waals surface area contributed by atoms with Gasteiger partial charge in [0.2, 0.25) is 0 Å². The first-order chi connectivity index (χ1) is 16.5. The van der Waals surface area contributed by atoms with Crippen molar-refractivity contribution < 1.29 is 23.5 Å². The minimum atomic E-state index is -1.24. The Morgan fingerprint density at radius 2 is 1.79 bits per heavy atom. The highest BCUT2D eigenvalue weighted by Crippen LogP contribution is 2.55. The Morgan fingerprint density at radius 3 is 2.56 bits per heavy atom. The third kappa shape index (κ3) is 3.49. The predicted octanol–water partition coefficient (Wildman–Crippen LogP) is 4.43. The lowest BCUT2D eigenvalue weighted by molar-refractivity contribution is -0.123. The number of hydrogen-bond donors (Lipinski definition) is 0. The largest absolute Gasteiger partial charge is 0.497 e. The SMILES string of the molecule is COc1cccc(CN2C(=O)[C@@]3(SCCN3C(=O)c3cccc(F)c3)c3cc(OC)ccc32)c1. The van der Waals surface area contributed by atoms with E-state index in [1.807, 2.05) is 42.5 Å². The lowest BCUT2D eigenvalue weighted by Crippen LogP contribution is -2.50. The molecule has 1 saturated heterocycles. The molecular formula is C26H23FN2O4S. The van der Waals surface area contributed by atoms with Crippen molar-refractivity contribution in [2.75, 3.05) is 31.4 Å². The third-order valence-corrected chi connectivity index (χ3v) is 7.61. The predicted molar refractivity (Wildman–Crippen MR) is 129 cm³/mol. The van der Waals surface area contributed by atoms with Crippen LogP contribution in [0.15, 0.2) is 66.7 Å². The number of amides is 2. The first-order valence-electron chi connectivity index (χ1n) is 10.8. The zero-order valence-electron chi connectivity index (χ0n) is 18.8. The molecule has 34 heavy (non-hydrogen) atoms. The number of benzene rings is 3. The van der Waals surface area contributed by atoms with Crippen molar-refractivity contribution in [3.63, 3.8) is 0 Å². The molecule has 0 bridgehead atoms. The number of carbonyl (C=O) groups excluding carboxylic acids is 2. The Morgan fingerprint density at radius 1 is 1.03 bits per heavy atom. The number of rotatable bonds is 5. The molecule has 8 heteroatoms. The number of thioether (sulfide) groups is 1. The van der Waals surface area contributed by atoms with Crippen molar-refractivity contribution >= 4 is 29.3 Å². The minimum absolute atomic E-state index is 0.203. The van der Waals surface area contributed by atoms with E-state index in [0.29, 0.717) is 35.9 Å². The van der Waals surface area contributed by atoms with E-state index in [0.717, 1.165) is 11.3 Å². The normalized spacial score (nSPS) is 19.0. The zero-order chi connectivity index (χ0) is 23.9. The first-order valence-corrected chi connectivity index (χ1v) is 11.8. The quantitative estimate of drug-likeness (QED) is 0.543. The third-order valence-electron chi connectivity index (χ3n) is 6.19. The maximum atomic E-state index is 14.1. The molecule has 2 aliphatic rings. The molecule has 2 heterocycles. The van der Waals surface area contributed by atoms with Crippen molar-refractivity contribution in [2.45, 2.75) is 11.4 Å². The van der Waals surface area contributed by atoms with Gasteiger partial charge in [0.25, 0.3) is 11.8 Å². The van der Waals surface area contributed by atoms with Crippen LogP contribution in [-0.4, -0.2) is 43.2 Å². The fraction of sp³-hybridized carbons (Fsp3) is 0.231. The van der Waals surface area contributed by atoms with Gasteiger partial charge in [0, 0.05) is 23.4 Å². The van der Waals surface area contributed by atoms with Gasteiger partial charge in [0.15, 0.2) is 4.87 Å². The van der Waals surface area contributed by atoms with E-state index in [1.54, 1.807) is 30.1 Å². The highest BCUT2D eigenvalue weighted by molar-refractivity contribution is 8.01. The summed E-state index contributed by atoms with van der Waals surface area (Å²) in [5.41, 5.74) is 2.54. The van der Waals surface area contributed by atoms with Crippen molar-refractivity contribution in [1.29, 1.82) is 0 Å². The molecule has 2 aliphatic heterocycles. The van der Waals surface area contributed by atoms with Gasteiger partial charge in [-0.15, -0.1) is 11.8 Å². The van der Waals surface area contributed by atoms with E-state index in [9.17, 15) is 14.0 Å². The van der Waals surface area contributed by atoms with Gasteiger partial charge < -0.3 is 19.3 Å². The Labute approximate surface area is 201 Å².